The van der Waals surface area contributed by atoms with E-state index in [2.05, 4.69) is 66.2 Å². The number of rotatable bonds is 6. The van der Waals surface area contributed by atoms with E-state index in [0.29, 0.717) is 6.04 Å². The van der Waals surface area contributed by atoms with Crippen LogP contribution in [0.3, 0.4) is 0 Å². The molecule has 20 heavy (non-hydrogen) atoms. The van der Waals surface area contributed by atoms with Crippen LogP contribution in [-0.2, 0) is 19.4 Å². The molecule has 2 rings (SSSR count). The average Bonchev–Trinajstić information content (AvgIpc) is 2.80. The van der Waals surface area contributed by atoms with Crippen LogP contribution in [0.25, 0.3) is 0 Å². The van der Waals surface area contributed by atoms with Crippen molar-refractivity contribution in [1.82, 2.24) is 15.1 Å². The molecular weight excluding hydrogens is 246 g/mol. The smallest absolute Gasteiger partial charge is 0.0596 e. The molecule has 0 amide bonds. The first-order valence-electron chi connectivity index (χ1n) is 7.39. The van der Waals surface area contributed by atoms with Gasteiger partial charge in [-0.05, 0) is 51.4 Å². The van der Waals surface area contributed by atoms with Crippen LogP contribution in [0.2, 0.25) is 0 Å². The molecule has 0 spiro atoms. The Morgan fingerprint density at radius 1 is 1.20 bits per heavy atom. The molecule has 0 aliphatic carbocycles. The maximum Gasteiger partial charge on any atom is 0.0596 e. The van der Waals surface area contributed by atoms with Gasteiger partial charge >= 0.3 is 0 Å². The van der Waals surface area contributed by atoms with Gasteiger partial charge in [0.1, 0.15) is 0 Å². The SMILES string of the molecule is CCn1nc(C)cc1CC(Cc1ccccc1C)NC. The van der Waals surface area contributed by atoms with Crippen LogP contribution >= 0.6 is 0 Å². The molecule has 0 aliphatic heterocycles. The van der Waals surface area contributed by atoms with Crippen LogP contribution in [0.1, 0.15) is 29.4 Å². The molecule has 1 aromatic carbocycles. The van der Waals surface area contributed by atoms with Gasteiger partial charge in [0.25, 0.3) is 0 Å². The molecule has 3 heteroatoms. The molecular formula is C17H25N3. The fraction of sp³-hybridized carbons (Fsp3) is 0.471. The van der Waals surface area contributed by atoms with E-state index in [1.165, 1.54) is 16.8 Å². The lowest BCUT2D eigenvalue weighted by molar-refractivity contribution is 0.519. The van der Waals surface area contributed by atoms with Gasteiger partial charge in [0, 0.05) is 24.7 Å². The standard InChI is InChI=1S/C17H25N3/c1-5-20-17(10-14(3)19-20)12-16(18-4)11-15-9-7-6-8-13(15)2/h6-10,16,18H,5,11-12H2,1-4H3. The molecule has 0 aliphatic rings. The van der Waals surface area contributed by atoms with Gasteiger partial charge in [0.15, 0.2) is 0 Å². The minimum absolute atomic E-state index is 0.442. The molecule has 0 fully saturated rings. The van der Waals surface area contributed by atoms with Crippen LogP contribution in [0, 0.1) is 13.8 Å². The van der Waals surface area contributed by atoms with Crippen molar-refractivity contribution in [3.63, 3.8) is 0 Å². The molecule has 1 heterocycles. The van der Waals surface area contributed by atoms with Crippen molar-refractivity contribution in [2.45, 2.75) is 46.2 Å². The number of aryl methyl sites for hydroxylation is 3. The Morgan fingerprint density at radius 3 is 2.60 bits per heavy atom. The highest BCUT2D eigenvalue weighted by molar-refractivity contribution is 5.26. The first-order valence-corrected chi connectivity index (χ1v) is 7.39. The van der Waals surface area contributed by atoms with Crippen molar-refractivity contribution in [2.24, 2.45) is 0 Å². The fourth-order valence-corrected chi connectivity index (χ4v) is 2.67. The summed E-state index contributed by atoms with van der Waals surface area (Å²) in [5.74, 6) is 0. The first kappa shape index (κ1) is 14.8. The maximum atomic E-state index is 4.53. The summed E-state index contributed by atoms with van der Waals surface area (Å²) >= 11 is 0. The molecule has 1 aromatic heterocycles. The molecule has 3 nitrogen and oxygen atoms in total. The molecule has 108 valence electrons. The van der Waals surface area contributed by atoms with E-state index >= 15 is 0 Å². The van der Waals surface area contributed by atoms with E-state index in [1.54, 1.807) is 0 Å². The monoisotopic (exact) mass is 271 g/mol. The molecule has 1 N–H and O–H groups in total. The van der Waals surface area contributed by atoms with Crippen molar-refractivity contribution in [1.29, 1.82) is 0 Å². The molecule has 0 radical (unpaired) electrons. The highest BCUT2D eigenvalue weighted by Crippen LogP contribution is 2.13. The van der Waals surface area contributed by atoms with Gasteiger partial charge in [-0.3, -0.25) is 4.68 Å². The maximum absolute atomic E-state index is 4.53. The average molecular weight is 271 g/mol. The first-order chi connectivity index (χ1) is 9.63. The Hall–Kier alpha value is -1.61. The molecule has 1 atom stereocenters. The quantitative estimate of drug-likeness (QED) is 0.875. The summed E-state index contributed by atoms with van der Waals surface area (Å²) in [6.45, 7) is 7.32. The van der Waals surface area contributed by atoms with Crippen LogP contribution in [0.4, 0.5) is 0 Å². The Bertz CT molecular complexity index is 557. The number of aromatic nitrogens is 2. The third-order valence-corrected chi connectivity index (χ3v) is 3.88. The van der Waals surface area contributed by atoms with Crippen LogP contribution in [0.15, 0.2) is 30.3 Å². The van der Waals surface area contributed by atoms with E-state index in [9.17, 15) is 0 Å². The van der Waals surface area contributed by atoms with Gasteiger partial charge in [0.2, 0.25) is 0 Å². The minimum Gasteiger partial charge on any atom is -0.316 e. The Morgan fingerprint density at radius 2 is 1.95 bits per heavy atom. The Labute approximate surface area is 122 Å². The van der Waals surface area contributed by atoms with Crippen molar-refractivity contribution in [2.75, 3.05) is 7.05 Å². The lowest BCUT2D eigenvalue weighted by atomic mass is 9.98. The molecule has 1 unspecified atom stereocenters. The van der Waals surface area contributed by atoms with E-state index in [-0.39, 0.29) is 0 Å². The summed E-state index contributed by atoms with van der Waals surface area (Å²) in [5, 5.41) is 7.98. The molecule has 0 saturated heterocycles. The fourth-order valence-electron chi connectivity index (χ4n) is 2.67. The molecule has 0 bridgehead atoms. The van der Waals surface area contributed by atoms with Crippen molar-refractivity contribution in [3.8, 4) is 0 Å². The zero-order valence-corrected chi connectivity index (χ0v) is 13.0. The number of hydrogen-bond acceptors (Lipinski definition) is 2. The lowest BCUT2D eigenvalue weighted by Gasteiger charge is -2.18. The van der Waals surface area contributed by atoms with Gasteiger partial charge in [-0.2, -0.15) is 5.10 Å². The topological polar surface area (TPSA) is 29.9 Å². The van der Waals surface area contributed by atoms with Crippen molar-refractivity contribution in [3.05, 3.63) is 52.8 Å². The van der Waals surface area contributed by atoms with Gasteiger partial charge in [-0.1, -0.05) is 24.3 Å². The predicted molar refractivity (Wildman–Crippen MR) is 84.1 cm³/mol. The second kappa shape index (κ2) is 6.71. The van der Waals surface area contributed by atoms with Gasteiger partial charge < -0.3 is 5.32 Å². The summed E-state index contributed by atoms with van der Waals surface area (Å²) in [5.41, 5.74) is 5.21. The summed E-state index contributed by atoms with van der Waals surface area (Å²) < 4.78 is 2.11. The van der Waals surface area contributed by atoms with Crippen LogP contribution in [0.5, 0.6) is 0 Å². The number of nitrogens with one attached hydrogen (secondary N) is 1. The van der Waals surface area contributed by atoms with Crippen LogP contribution < -0.4 is 5.32 Å². The highest BCUT2D eigenvalue weighted by Gasteiger charge is 2.13. The summed E-state index contributed by atoms with van der Waals surface area (Å²) in [4.78, 5) is 0. The third-order valence-electron chi connectivity index (χ3n) is 3.88. The van der Waals surface area contributed by atoms with Crippen molar-refractivity contribution < 1.29 is 0 Å². The second-order valence-electron chi connectivity index (χ2n) is 5.41. The van der Waals surface area contributed by atoms with E-state index < -0.39 is 0 Å². The van der Waals surface area contributed by atoms with Crippen LogP contribution in [-0.4, -0.2) is 22.9 Å². The third kappa shape index (κ3) is 3.48. The number of likely N-dealkylation sites (N-methyl/N-ethyl adjacent to an activating group) is 1. The predicted octanol–water partition coefficient (Wildman–Crippen LogP) is 2.89. The van der Waals surface area contributed by atoms with E-state index in [1.807, 2.05) is 7.05 Å². The summed E-state index contributed by atoms with van der Waals surface area (Å²) in [6, 6.07) is 11.3. The summed E-state index contributed by atoms with van der Waals surface area (Å²) in [7, 11) is 2.04. The Kier molecular flexibility index (Phi) is 4.96. The lowest BCUT2D eigenvalue weighted by Crippen LogP contribution is -2.31. The summed E-state index contributed by atoms with van der Waals surface area (Å²) in [6.07, 6.45) is 2.07. The van der Waals surface area contributed by atoms with Crippen molar-refractivity contribution >= 4 is 0 Å². The number of benzene rings is 1. The van der Waals surface area contributed by atoms with Gasteiger partial charge in [-0.15, -0.1) is 0 Å². The molecule has 2 aromatic rings. The van der Waals surface area contributed by atoms with E-state index in [4.69, 9.17) is 0 Å². The number of hydrogen-bond donors (Lipinski definition) is 1. The second-order valence-corrected chi connectivity index (χ2v) is 5.41. The van der Waals surface area contributed by atoms with Gasteiger partial charge in [-0.25, -0.2) is 0 Å². The highest BCUT2D eigenvalue weighted by atomic mass is 15.3. The zero-order valence-electron chi connectivity index (χ0n) is 13.0. The Balaban J connectivity index is 2.11. The number of nitrogens with zero attached hydrogens (tertiary/aromatic N) is 2. The molecule has 0 saturated carbocycles. The largest absolute Gasteiger partial charge is 0.316 e. The van der Waals surface area contributed by atoms with Gasteiger partial charge in [0.05, 0.1) is 5.69 Å². The normalized spacial score (nSPS) is 12.6. The van der Waals surface area contributed by atoms with E-state index in [0.717, 1.165) is 25.1 Å². The minimum atomic E-state index is 0.442. The zero-order chi connectivity index (χ0) is 14.5.